The second-order valence-electron chi connectivity index (χ2n) is 5.67. The number of hydrogen-bond donors (Lipinski definition) is 2. The zero-order valence-corrected chi connectivity index (χ0v) is 13.9. The summed E-state index contributed by atoms with van der Waals surface area (Å²) in [6.07, 6.45) is 0. The molecule has 0 bridgehead atoms. The topological polar surface area (TPSA) is 68.0 Å². The number of carbonyl (C=O) groups is 1. The Hall–Kier alpha value is -2.92. The van der Waals surface area contributed by atoms with Gasteiger partial charge in [-0.05, 0) is 42.0 Å². The van der Waals surface area contributed by atoms with Crippen molar-refractivity contribution in [3.05, 3.63) is 65.2 Å². The minimum atomic E-state index is -0.205. The second-order valence-corrected chi connectivity index (χ2v) is 6.67. The van der Waals surface area contributed by atoms with Gasteiger partial charge in [-0.1, -0.05) is 30.3 Å². The van der Waals surface area contributed by atoms with E-state index in [9.17, 15) is 4.79 Å². The highest BCUT2D eigenvalue weighted by atomic mass is 32.1. The van der Waals surface area contributed by atoms with Gasteiger partial charge < -0.3 is 11.1 Å². The lowest BCUT2D eigenvalue weighted by molar-refractivity contribution is 0.103. The molecular weight excluding hydrogens is 318 g/mol. The van der Waals surface area contributed by atoms with Gasteiger partial charge in [-0.25, -0.2) is 4.98 Å². The Bertz CT molecular complexity index is 1080. The summed E-state index contributed by atoms with van der Waals surface area (Å²) in [5.41, 5.74) is 8.29. The number of fused-ring (bicyclic) bond motifs is 2. The van der Waals surface area contributed by atoms with Crippen molar-refractivity contribution in [2.45, 2.75) is 6.92 Å². The zero-order chi connectivity index (χ0) is 16.7. The minimum Gasteiger partial charge on any atom is -0.397 e. The largest absolute Gasteiger partial charge is 0.397 e. The number of nitrogens with zero attached hydrogens (tertiary/aromatic N) is 1. The number of carbonyl (C=O) groups excluding carboxylic acids is 1. The van der Waals surface area contributed by atoms with Crippen molar-refractivity contribution in [3.8, 4) is 0 Å². The van der Waals surface area contributed by atoms with E-state index in [-0.39, 0.29) is 5.91 Å². The predicted octanol–water partition coefficient (Wildman–Crippen LogP) is 4.59. The molecule has 0 unspecified atom stereocenters. The molecule has 1 amide bonds. The maximum absolute atomic E-state index is 12.6. The van der Waals surface area contributed by atoms with Crippen molar-refractivity contribution >= 4 is 49.6 Å². The number of nitrogens with two attached hydrogens (primary N) is 1. The highest BCUT2D eigenvalue weighted by Crippen LogP contribution is 2.33. The van der Waals surface area contributed by atoms with Crippen LogP contribution in [0.4, 0.5) is 11.4 Å². The number of anilines is 2. The van der Waals surface area contributed by atoms with Crippen LogP contribution in [0.3, 0.4) is 0 Å². The summed E-state index contributed by atoms with van der Waals surface area (Å²) in [4.78, 5) is 18.3. The quantitative estimate of drug-likeness (QED) is 0.563. The predicted molar refractivity (Wildman–Crippen MR) is 101 cm³/mol. The number of amides is 1. The molecule has 4 rings (SSSR count). The summed E-state index contributed by atoms with van der Waals surface area (Å²) in [5, 5.41) is 5.97. The first-order chi connectivity index (χ1) is 11.6. The number of benzene rings is 2. The van der Waals surface area contributed by atoms with Gasteiger partial charge in [0, 0.05) is 16.8 Å². The number of aryl methyl sites for hydroxylation is 1. The van der Waals surface area contributed by atoms with E-state index < -0.39 is 0 Å². The van der Waals surface area contributed by atoms with Crippen LogP contribution in [-0.2, 0) is 0 Å². The second kappa shape index (κ2) is 5.62. The van der Waals surface area contributed by atoms with E-state index in [1.165, 1.54) is 11.3 Å². The number of hydrogen-bond acceptors (Lipinski definition) is 4. The van der Waals surface area contributed by atoms with Crippen LogP contribution >= 0.6 is 11.3 Å². The zero-order valence-electron chi connectivity index (χ0n) is 13.0. The molecule has 0 saturated heterocycles. The third kappa shape index (κ3) is 2.49. The number of thiophene rings is 1. The fraction of sp³-hybridized carbons (Fsp3) is 0.0526. The number of rotatable bonds is 2. The summed E-state index contributed by atoms with van der Waals surface area (Å²) >= 11 is 1.32. The monoisotopic (exact) mass is 333 g/mol. The van der Waals surface area contributed by atoms with E-state index in [1.807, 2.05) is 61.5 Å². The van der Waals surface area contributed by atoms with Crippen molar-refractivity contribution in [1.29, 1.82) is 0 Å². The summed E-state index contributed by atoms with van der Waals surface area (Å²) in [5.74, 6) is -0.205. The van der Waals surface area contributed by atoms with E-state index in [2.05, 4.69) is 10.3 Å². The highest BCUT2D eigenvalue weighted by Gasteiger charge is 2.17. The number of nitrogens with one attached hydrogen (secondary N) is 1. The van der Waals surface area contributed by atoms with Gasteiger partial charge in [0.1, 0.15) is 9.71 Å². The van der Waals surface area contributed by atoms with Gasteiger partial charge >= 0.3 is 0 Å². The normalized spacial score (nSPS) is 11.0. The Morgan fingerprint density at radius 2 is 1.88 bits per heavy atom. The van der Waals surface area contributed by atoms with Crippen molar-refractivity contribution in [1.82, 2.24) is 4.98 Å². The molecule has 0 spiro atoms. The summed E-state index contributed by atoms with van der Waals surface area (Å²) in [6.45, 7) is 1.92. The fourth-order valence-corrected chi connectivity index (χ4v) is 3.75. The molecule has 2 heterocycles. The van der Waals surface area contributed by atoms with Crippen molar-refractivity contribution in [2.75, 3.05) is 11.1 Å². The molecule has 24 heavy (non-hydrogen) atoms. The van der Waals surface area contributed by atoms with Crippen LogP contribution in [0.1, 0.15) is 15.4 Å². The van der Waals surface area contributed by atoms with E-state index in [4.69, 9.17) is 5.73 Å². The average Bonchev–Trinajstić information content (AvgIpc) is 2.91. The Labute approximate surface area is 142 Å². The molecule has 118 valence electrons. The standard InChI is InChI=1S/C19H15N3OS/c1-11-6-9-15-16(20)17(24-19(15)21-11)18(23)22-14-8-7-12-4-2-3-5-13(12)10-14/h2-10H,20H2,1H3,(H,22,23). The van der Waals surface area contributed by atoms with Crippen LogP contribution in [-0.4, -0.2) is 10.9 Å². The van der Waals surface area contributed by atoms with E-state index in [1.54, 1.807) is 0 Å². The SMILES string of the molecule is Cc1ccc2c(N)c(C(=O)Nc3ccc4ccccc4c3)sc2n1. The molecule has 0 atom stereocenters. The Morgan fingerprint density at radius 1 is 1.08 bits per heavy atom. The van der Waals surface area contributed by atoms with Crippen molar-refractivity contribution in [3.63, 3.8) is 0 Å². The molecular formula is C19H15N3OS. The fourth-order valence-electron chi connectivity index (χ4n) is 2.71. The van der Waals surface area contributed by atoms with Gasteiger partial charge in [-0.2, -0.15) is 0 Å². The van der Waals surface area contributed by atoms with Crippen LogP contribution in [0.5, 0.6) is 0 Å². The molecule has 0 aliphatic carbocycles. The lowest BCUT2D eigenvalue weighted by Crippen LogP contribution is -2.11. The highest BCUT2D eigenvalue weighted by molar-refractivity contribution is 7.21. The first kappa shape index (κ1) is 14.7. The maximum atomic E-state index is 12.6. The van der Waals surface area contributed by atoms with Gasteiger partial charge in [0.05, 0.1) is 5.69 Å². The Morgan fingerprint density at radius 3 is 2.71 bits per heavy atom. The molecule has 4 aromatic rings. The first-order valence-electron chi connectivity index (χ1n) is 7.57. The van der Waals surface area contributed by atoms with E-state index >= 15 is 0 Å². The molecule has 0 radical (unpaired) electrons. The summed E-state index contributed by atoms with van der Waals surface area (Å²) in [7, 11) is 0. The molecule has 0 saturated carbocycles. The van der Waals surface area contributed by atoms with Crippen LogP contribution in [0.2, 0.25) is 0 Å². The molecule has 0 fully saturated rings. The van der Waals surface area contributed by atoms with Gasteiger partial charge in [0.25, 0.3) is 5.91 Å². The molecule has 4 nitrogen and oxygen atoms in total. The minimum absolute atomic E-state index is 0.205. The third-order valence-corrected chi connectivity index (χ3v) is 5.06. The molecule has 2 aromatic heterocycles. The Kier molecular flexibility index (Phi) is 3.43. The lowest BCUT2D eigenvalue weighted by atomic mass is 10.1. The average molecular weight is 333 g/mol. The van der Waals surface area contributed by atoms with E-state index in [0.29, 0.717) is 10.6 Å². The number of nitrogen functional groups attached to an aromatic ring is 1. The molecule has 0 aliphatic heterocycles. The van der Waals surface area contributed by atoms with Crippen molar-refractivity contribution in [2.24, 2.45) is 0 Å². The third-order valence-electron chi connectivity index (χ3n) is 3.95. The van der Waals surface area contributed by atoms with Crippen LogP contribution in [0.25, 0.3) is 21.0 Å². The first-order valence-corrected chi connectivity index (χ1v) is 8.39. The maximum Gasteiger partial charge on any atom is 0.267 e. The van der Waals surface area contributed by atoms with Crippen LogP contribution in [0.15, 0.2) is 54.6 Å². The van der Waals surface area contributed by atoms with Crippen LogP contribution < -0.4 is 11.1 Å². The number of aromatic nitrogens is 1. The van der Waals surface area contributed by atoms with E-state index in [0.717, 1.165) is 32.4 Å². The molecule has 3 N–H and O–H groups in total. The lowest BCUT2D eigenvalue weighted by Gasteiger charge is -2.06. The summed E-state index contributed by atoms with van der Waals surface area (Å²) < 4.78 is 0. The van der Waals surface area contributed by atoms with Gasteiger partial charge in [0.2, 0.25) is 0 Å². The van der Waals surface area contributed by atoms with Gasteiger partial charge in [-0.15, -0.1) is 11.3 Å². The van der Waals surface area contributed by atoms with Gasteiger partial charge in [-0.3, -0.25) is 4.79 Å². The molecule has 0 aliphatic rings. The molecule has 5 heteroatoms. The smallest absolute Gasteiger partial charge is 0.267 e. The van der Waals surface area contributed by atoms with Crippen molar-refractivity contribution < 1.29 is 4.79 Å². The van der Waals surface area contributed by atoms with Gasteiger partial charge in [0.15, 0.2) is 0 Å². The molecule has 2 aromatic carbocycles. The van der Waals surface area contributed by atoms with Crippen LogP contribution in [0, 0.1) is 6.92 Å². The number of pyridine rings is 1. The Balaban J connectivity index is 1.69. The summed E-state index contributed by atoms with van der Waals surface area (Å²) in [6, 6.07) is 17.7.